The normalized spacial score (nSPS) is 9.69. The first-order chi connectivity index (χ1) is 25.2. The number of hydrogen-bond donors (Lipinski definition) is 4. The Morgan fingerprint density at radius 2 is 1.35 bits per heavy atom. The highest BCUT2D eigenvalue weighted by Crippen LogP contribution is 2.28. The van der Waals surface area contributed by atoms with Crippen LogP contribution in [0.15, 0.2) is 66.7 Å². The van der Waals surface area contributed by atoms with E-state index in [-0.39, 0.29) is 5.78 Å². The van der Waals surface area contributed by atoms with Crippen LogP contribution in [0.25, 0.3) is 11.0 Å². The fraction of sp³-hybridized carbons (Fsp3) is 0.463. The van der Waals surface area contributed by atoms with E-state index >= 15 is 0 Å². The van der Waals surface area contributed by atoms with Crippen molar-refractivity contribution in [1.29, 1.82) is 0 Å². The summed E-state index contributed by atoms with van der Waals surface area (Å²) in [5.74, 6) is 1.94. The highest BCUT2D eigenvalue weighted by Gasteiger charge is 2.11. The summed E-state index contributed by atoms with van der Waals surface area (Å²) in [6, 6.07) is 21.5. The number of rotatable bonds is 16. The second-order valence-electron chi connectivity index (χ2n) is 11.6. The molecule has 11 nitrogen and oxygen atoms in total. The lowest BCUT2D eigenvalue weighted by Gasteiger charge is -2.16. The Bertz CT molecular complexity index is 1520. The Morgan fingerprint density at radius 1 is 0.769 bits per heavy atom. The highest BCUT2D eigenvalue weighted by molar-refractivity contribution is 5.81. The van der Waals surface area contributed by atoms with E-state index < -0.39 is 0 Å². The molecule has 0 aliphatic carbocycles. The van der Waals surface area contributed by atoms with E-state index in [4.69, 9.17) is 19.6 Å². The van der Waals surface area contributed by atoms with Crippen LogP contribution in [-0.2, 0) is 20.9 Å². The summed E-state index contributed by atoms with van der Waals surface area (Å²) >= 11 is 0. The number of ketones is 1. The molecule has 0 fully saturated rings. The zero-order valence-corrected chi connectivity index (χ0v) is 33.6. The zero-order chi connectivity index (χ0) is 39.1. The van der Waals surface area contributed by atoms with Crippen LogP contribution in [0.1, 0.15) is 93.6 Å². The summed E-state index contributed by atoms with van der Waals surface area (Å²) in [7, 11) is 3.53. The molecule has 4 N–H and O–H groups in total. The molecule has 52 heavy (non-hydrogen) atoms. The molecule has 4 rings (SSSR count). The molecule has 4 aromatic rings. The summed E-state index contributed by atoms with van der Waals surface area (Å²) in [5, 5.41) is 6.47. The number of carbonyl (C=O) groups excluding carboxylic acids is 2. The van der Waals surface area contributed by atoms with Gasteiger partial charge in [-0.15, -0.1) is 0 Å². The number of Topliss-reactive ketones (excluding diaryl/α,β-unsaturated/α-hetero) is 1. The minimum Gasteiger partial charge on any atom is -0.497 e. The number of para-hydroxylation sites is 2. The smallest absolute Gasteiger partial charge is 0.196 e. The van der Waals surface area contributed by atoms with Crippen LogP contribution in [0.2, 0.25) is 0 Å². The van der Waals surface area contributed by atoms with Crippen molar-refractivity contribution in [2.75, 3.05) is 55.4 Å². The van der Waals surface area contributed by atoms with E-state index in [1.54, 1.807) is 7.11 Å². The van der Waals surface area contributed by atoms with Gasteiger partial charge in [0, 0.05) is 24.5 Å². The van der Waals surface area contributed by atoms with Crippen molar-refractivity contribution in [2.24, 2.45) is 0 Å². The van der Waals surface area contributed by atoms with E-state index in [1.807, 2.05) is 81.6 Å². The van der Waals surface area contributed by atoms with Crippen LogP contribution in [0.5, 0.6) is 5.75 Å². The minimum absolute atomic E-state index is 0.167. The number of nitrogens with zero attached hydrogens (tertiary/aromatic N) is 3. The average molecular weight is 720 g/mol. The lowest BCUT2D eigenvalue weighted by molar-refractivity contribution is -0.115. The largest absolute Gasteiger partial charge is 0.497 e. The summed E-state index contributed by atoms with van der Waals surface area (Å²) < 4.78 is 5.48. The highest BCUT2D eigenvalue weighted by atomic mass is 16.8. The van der Waals surface area contributed by atoms with Crippen molar-refractivity contribution in [3.63, 3.8) is 0 Å². The number of carbonyl (C=O) groups is 2. The maximum Gasteiger partial charge on any atom is 0.196 e. The van der Waals surface area contributed by atoms with Gasteiger partial charge in [-0.2, -0.15) is 4.94 Å². The molecule has 0 spiro atoms. The van der Waals surface area contributed by atoms with Gasteiger partial charge in [0.05, 0.1) is 30.4 Å². The van der Waals surface area contributed by atoms with Crippen molar-refractivity contribution in [3.8, 4) is 5.75 Å². The van der Waals surface area contributed by atoms with Crippen molar-refractivity contribution in [2.45, 2.75) is 94.4 Å². The molecule has 0 amide bonds. The third kappa shape index (κ3) is 20.2. The monoisotopic (exact) mass is 720 g/mol. The first-order valence-corrected chi connectivity index (χ1v) is 18.5. The fourth-order valence-electron chi connectivity index (χ4n) is 4.48. The number of aldehydes is 1. The average Bonchev–Trinajstić information content (AvgIpc) is 3.13. The lowest BCUT2D eigenvalue weighted by Crippen LogP contribution is -2.27. The number of nitrogens with one attached hydrogen (secondary N) is 4. The molecule has 1 aromatic heterocycles. The number of aromatic nitrogens is 2. The van der Waals surface area contributed by atoms with Gasteiger partial charge in [-0.05, 0) is 94.2 Å². The van der Waals surface area contributed by atoms with Crippen LogP contribution in [0.4, 0.5) is 28.7 Å². The van der Waals surface area contributed by atoms with E-state index in [0.717, 1.165) is 78.9 Å². The molecule has 0 radical (unpaired) electrons. The van der Waals surface area contributed by atoms with Gasteiger partial charge in [0.2, 0.25) is 0 Å². The first-order valence-electron chi connectivity index (χ1n) is 18.5. The molecule has 3 aromatic carbocycles. The Kier molecular flexibility index (Phi) is 27.2. The van der Waals surface area contributed by atoms with Crippen molar-refractivity contribution in [3.05, 3.63) is 72.3 Å². The maximum atomic E-state index is 10.1. The van der Waals surface area contributed by atoms with Gasteiger partial charge in [-0.25, -0.2) is 20.9 Å². The number of aryl methyl sites for hydroxylation is 1. The van der Waals surface area contributed by atoms with Crippen molar-refractivity contribution in [1.82, 2.24) is 14.9 Å². The molecule has 0 aliphatic rings. The molecule has 1 heterocycles. The van der Waals surface area contributed by atoms with Gasteiger partial charge >= 0.3 is 0 Å². The second-order valence-corrected chi connectivity index (χ2v) is 11.6. The van der Waals surface area contributed by atoms with E-state index in [0.29, 0.717) is 18.2 Å². The number of benzene rings is 3. The second kappa shape index (κ2) is 29.9. The Hall–Kier alpha value is -4.74. The molecular weight excluding hydrogens is 654 g/mol. The van der Waals surface area contributed by atoms with Gasteiger partial charge in [-0.3, -0.25) is 4.90 Å². The number of methoxy groups -OCH3 is 1. The van der Waals surface area contributed by atoms with Crippen molar-refractivity contribution >= 4 is 51.8 Å². The Labute approximate surface area is 313 Å². The van der Waals surface area contributed by atoms with Gasteiger partial charge in [0.25, 0.3) is 0 Å². The van der Waals surface area contributed by atoms with Gasteiger partial charge in [0.1, 0.15) is 17.8 Å². The standard InChI is InChI=1S/C25H28N6O2.C8H17NO.C3H6O.C3H8.C2H6/c1-4-8-17-13-20(16-21(14-17)32-3)27-24-25(29-23-12-6-5-11-22(23)28-24)31-33-30-19-10-7-9-18(15-19)26-2;1-3-5-9(6-4-2)7-8-10;1-3(2)4;1-3-2;1-2/h5-7,9-16,26,30H,4,8H2,1-3H3,(H,27,28)(H,29,31);8H,3-7H2,1-2H3;1-2H3;3H2,1-2H3;1-2H3. The van der Waals surface area contributed by atoms with E-state index in [2.05, 4.69) is 67.2 Å². The molecule has 0 unspecified atom stereocenters. The van der Waals surface area contributed by atoms with Gasteiger partial charge < -0.3 is 25.0 Å². The van der Waals surface area contributed by atoms with Crippen LogP contribution in [-0.4, -0.2) is 60.7 Å². The summed E-state index contributed by atoms with van der Waals surface area (Å²) in [5.41, 5.74) is 11.1. The summed E-state index contributed by atoms with van der Waals surface area (Å²) in [4.78, 5) is 36.7. The Morgan fingerprint density at radius 3 is 1.87 bits per heavy atom. The molecule has 0 atom stereocenters. The number of hydrogen-bond acceptors (Lipinski definition) is 11. The molecule has 0 bridgehead atoms. The predicted octanol–water partition coefficient (Wildman–Crippen LogP) is 10.1. The number of ether oxygens (including phenoxy) is 1. The van der Waals surface area contributed by atoms with Crippen LogP contribution in [0, 0.1) is 0 Å². The van der Waals surface area contributed by atoms with E-state index in [9.17, 15) is 9.59 Å². The third-order valence-corrected chi connectivity index (χ3v) is 6.45. The first kappa shape index (κ1) is 47.3. The molecule has 11 heteroatoms. The molecule has 0 saturated heterocycles. The van der Waals surface area contributed by atoms with Gasteiger partial charge in [0.15, 0.2) is 11.6 Å². The third-order valence-electron chi connectivity index (χ3n) is 6.45. The van der Waals surface area contributed by atoms with Crippen LogP contribution < -0.4 is 26.3 Å². The van der Waals surface area contributed by atoms with Crippen LogP contribution >= 0.6 is 0 Å². The SMILES string of the molecule is CC.CC(C)=O.CCC.CCCN(CC=O)CCC.CCCc1cc(Nc2nc3ccccc3nc2NONc2cccc(NC)c2)cc(OC)c1. The van der Waals surface area contributed by atoms with Gasteiger partial charge in [-0.1, -0.05) is 79.5 Å². The fourth-order valence-corrected chi connectivity index (χ4v) is 4.48. The summed E-state index contributed by atoms with van der Waals surface area (Å²) in [6.07, 6.45) is 6.50. The maximum absolute atomic E-state index is 10.1. The number of fused-ring (bicyclic) bond motifs is 1. The molecule has 288 valence electrons. The predicted molar refractivity (Wildman–Crippen MR) is 221 cm³/mol. The lowest BCUT2D eigenvalue weighted by atomic mass is 10.1. The molecular formula is C41H65N7O4. The zero-order valence-electron chi connectivity index (χ0n) is 33.6. The topological polar surface area (TPSA) is 130 Å². The minimum atomic E-state index is 0.167. The van der Waals surface area contributed by atoms with E-state index in [1.165, 1.54) is 25.8 Å². The molecule has 0 saturated carbocycles. The Balaban J connectivity index is 0.00000114. The number of anilines is 5. The van der Waals surface area contributed by atoms with Crippen LogP contribution in [0.3, 0.4) is 0 Å². The molecule has 0 aliphatic heterocycles. The summed E-state index contributed by atoms with van der Waals surface area (Å²) in [6.45, 7) is 20.4. The quantitative estimate of drug-likeness (QED) is 0.0652. The van der Waals surface area contributed by atoms with Crippen molar-refractivity contribution < 1.29 is 19.3 Å².